The third-order valence-corrected chi connectivity index (χ3v) is 5.48. The fraction of sp³-hybridized carbons (Fsp3) is 0.550. The van der Waals surface area contributed by atoms with E-state index >= 15 is 0 Å². The highest BCUT2D eigenvalue weighted by Gasteiger charge is 2.23. The van der Waals surface area contributed by atoms with Crippen LogP contribution in [0.1, 0.15) is 38.2 Å². The first kappa shape index (κ1) is 21.3. The summed E-state index contributed by atoms with van der Waals surface area (Å²) in [5.74, 6) is -0.286. The van der Waals surface area contributed by atoms with Crippen LogP contribution in [-0.4, -0.2) is 41.9 Å². The monoisotopic (exact) mass is 392 g/mol. The standard InChI is InChI=1S/C20H28N2O4S/c1-14-6-5-8-16(10-14)21-19(24)12-27-13-20(25)26-11-18(23)22-17-9-4-3-7-15(17)2/h5-6,8,10,15,17H,3-4,7,9,11-13H2,1-2H3,(H,21,24)(H,22,23)/t15-,17+/m1/s1. The maximum Gasteiger partial charge on any atom is 0.316 e. The fourth-order valence-electron chi connectivity index (χ4n) is 3.11. The summed E-state index contributed by atoms with van der Waals surface area (Å²) in [5.41, 5.74) is 1.79. The second-order valence-corrected chi connectivity index (χ2v) is 7.99. The molecule has 0 saturated heterocycles. The SMILES string of the molecule is Cc1cccc(NC(=O)CSCC(=O)OCC(=O)N[C@H]2CCCC[C@H]2C)c1. The molecule has 1 saturated carbocycles. The van der Waals surface area contributed by atoms with Crippen molar-refractivity contribution >= 4 is 35.2 Å². The van der Waals surface area contributed by atoms with Crippen LogP contribution in [-0.2, 0) is 19.1 Å². The summed E-state index contributed by atoms with van der Waals surface area (Å²) in [6, 6.07) is 7.68. The minimum Gasteiger partial charge on any atom is -0.455 e. The highest BCUT2D eigenvalue weighted by molar-refractivity contribution is 8.00. The molecular weight excluding hydrogens is 364 g/mol. The lowest BCUT2D eigenvalue weighted by Gasteiger charge is -2.29. The van der Waals surface area contributed by atoms with Crippen LogP contribution < -0.4 is 10.6 Å². The number of ether oxygens (including phenoxy) is 1. The van der Waals surface area contributed by atoms with E-state index in [1.54, 1.807) is 0 Å². The molecule has 0 aliphatic heterocycles. The first-order valence-corrected chi connectivity index (χ1v) is 10.5. The first-order chi connectivity index (χ1) is 12.9. The quantitative estimate of drug-likeness (QED) is 0.665. The van der Waals surface area contributed by atoms with E-state index in [1.165, 1.54) is 6.42 Å². The number of benzene rings is 1. The summed E-state index contributed by atoms with van der Waals surface area (Å²) in [4.78, 5) is 35.5. The van der Waals surface area contributed by atoms with Gasteiger partial charge in [-0.2, -0.15) is 0 Å². The average Bonchev–Trinajstić information content (AvgIpc) is 2.62. The van der Waals surface area contributed by atoms with Gasteiger partial charge in [-0.15, -0.1) is 11.8 Å². The number of carbonyl (C=O) groups is 3. The maximum absolute atomic E-state index is 11.9. The first-order valence-electron chi connectivity index (χ1n) is 9.33. The fourth-order valence-corrected chi connectivity index (χ4v) is 3.72. The van der Waals surface area contributed by atoms with Crippen LogP contribution >= 0.6 is 11.8 Å². The Morgan fingerprint density at radius 3 is 2.67 bits per heavy atom. The Bertz CT molecular complexity index is 665. The van der Waals surface area contributed by atoms with Gasteiger partial charge in [0.2, 0.25) is 5.91 Å². The summed E-state index contributed by atoms with van der Waals surface area (Å²) in [5, 5.41) is 5.72. The van der Waals surface area contributed by atoms with E-state index in [-0.39, 0.29) is 36.0 Å². The van der Waals surface area contributed by atoms with Crippen molar-refractivity contribution in [1.82, 2.24) is 5.32 Å². The summed E-state index contributed by atoms with van der Waals surface area (Å²) in [6.07, 6.45) is 4.42. The second-order valence-electron chi connectivity index (χ2n) is 7.01. The van der Waals surface area contributed by atoms with Crippen LogP contribution in [0.25, 0.3) is 0 Å². The van der Waals surface area contributed by atoms with E-state index in [0.717, 1.165) is 42.3 Å². The van der Waals surface area contributed by atoms with Crippen molar-refractivity contribution in [1.29, 1.82) is 0 Å². The highest BCUT2D eigenvalue weighted by atomic mass is 32.2. The molecule has 2 atom stereocenters. The van der Waals surface area contributed by atoms with Gasteiger partial charge in [-0.05, 0) is 43.4 Å². The Labute approximate surface area is 164 Å². The van der Waals surface area contributed by atoms with Crippen LogP contribution in [0.15, 0.2) is 24.3 Å². The molecule has 0 radical (unpaired) electrons. The molecule has 2 rings (SSSR count). The van der Waals surface area contributed by atoms with Crippen molar-refractivity contribution in [2.45, 2.75) is 45.6 Å². The van der Waals surface area contributed by atoms with E-state index in [0.29, 0.717) is 5.92 Å². The molecule has 1 fully saturated rings. The lowest BCUT2D eigenvalue weighted by Crippen LogP contribution is -2.43. The number of esters is 1. The van der Waals surface area contributed by atoms with Crippen molar-refractivity contribution in [3.8, 4) is 0 Å². The molecule has 148 valence electrons. The second kappa shape index (κ2) is 11.0. The molecule has 7 heteroatoms. The van der Waals surface area contributed by atoms with Crippen LogP contribution in [0.4, 0.5) is 5.69 Å². The van der Waals surface area contributed by atoms with Crippen molar-refractivity contribution in [2.75, 3.05) is 23.4 Å². The van der Waals surface area contributed by atoms with Gasteiger partial charge < -0.3 is 15.4 Å². The zero-order valence-electron chi connectivity index (χ0n) is 16.0. The topological polar surface area (TPSA) is 84.5 Å². The molecule has 1 aliphatic carbocycles. The minimum atomic E-state index is -0.491. The molecule has 0 aromatic heterocycles. The van der Waals surface area contributed by atoms with Crippen LogP contribution in [0, 0.1) is 12.8 Å². The smallest absolute Gasteiger partial charge is 0.316 e. The predicted molar refractivity (Wildman–Crippen MR) is 108 cm³/mol. The number of nitrogens with one attached hydrogen (secondary N) is 2. The molecule has 1 aromatic carbocycles. The molecule has 0 unspecified atom stereocenters. The van der Waals surface area contributed by atoms with Gasteiger partial charge in [-0.25, -0.2) is 0 Å². The minimum absolute atomic E-state index is 0.0361. The third-order valence-electron chi connectivity index (χ3n) is 4.58. The molecule has 0 bridgehead atoms. The summed E-state index contributed by atoms with van der Waals surface area (Å²) in [6.45, 7) is 3.82. The molecule has 1 aromatic rings. The zero-order chi connectivity index (χ0) is 19.6. The Kier molecular flexibility index (Phi) is 8.64. The van der Waals surface area contributed by atoms with E-state index in [2.05, 4.69) is 17.6 Å². The average molecular weight is 393 g/mol. The number of hydrogen-bond acceptors (Lipinski definition) is 5. The molecule has 6 nitrogen and oxygen atoms in total. The molecule has 27 heavy (non-hydrogen) atoms. The van der Waals surface area contributed by atoms with Crippen LogP contribution in [0.5, 0.6) is 0 Å². The largest absolute Gasteiger partial charge is 0.455 e. The molecule has 2 amide bonds. The van der Waals surface area contributed by atoms with Gasteiger partial charge in [0.15, 0.2) is 6.61 Å². The zero-order valence-corrected chi connectivity index (χ0v) is 16.8. The van der Waals surface area contributed by atoms with Crippen molar-refractivity contribution < 1.29 is 19.1 Å². The van der Waals surface area contributed by atoms with E-state index < -0.39 is 5.97 Å². The molecule has 0 heterocycles. The molecular formula is C20H28N2O4S. The van der Waals surface area contributed by atoms with Gasteiger partial charge >= 0.3 is 5.97 Å². The lowest BCUT2D eigenvalue weighted by atomic mass is 9.86. The highest BCUT2D eigenvalue weighted by Crippen LogP contribution is 2.23. The Hall–Kier alpha value is -2.02. The Morgan fingerprint density at radius 2 is 1.93 bits per heavy atom. The number of rotatable bonds is 8. The molecule has 2 N–H and O–H groups in total. The van der Waals surface area contributed by atoms with Crippen molar-refractivity contribution in [2.24, 2.45) is 5.92 Å². The van der Waals surface area contributed by atoms with Gasteiger partial charge in [0.25, 0.3) is 5.91 Å². The van der Waals surface area contributed by atoms with Gasteiger partial charge in [0, 0.05) is 11.7 Å². The Morgan fingerprint density at radius 1 is 1.15 bits per heavy atom. The lowest BCUT2D eigenvalue weighted by molar-refractivity contribution is -0.146. The number of carbonyl (C=O) groups excluding carboxylic acids is 3. The Balaban J connectivity index is 1.58. The number of aryl methyl sites for hydroxylation is 1. The van der Waals surface area contributed by atoms with Crippen molar-refractivity contribution in [3.63, 3.8) is 0 Å². The van der Waals surface area contributed by atoms with Gasteiger partial charge in [0.05, 0.1) is 11.5 Å². The summed E-state index contributed by atoms with van der Waals surface area (Å²) in [7, 11) is 0. The number of anilines is 1. The van der Waals surface area contributed by atoms with E-state index in [1.807, 2.05) is 31.2 Å². The van der Waals surface area contributed by atoms with Crippen molar-refractivity contribution in [3.05, 3.63) is 29.8 Å². The van der Waals surface area contributed by atoms with E-state index in [4.69, 9.17) is 4.74 Å². The van der Waals surface area contributed by atoms with Gasteiger partial charge in [-0.1, -0.05) is 31.9 Å². The third kappa shape index (κ3) is 8.03. The molecule has 0 spiro atoms. The van der Waals surface area contributed by atoms with Crippen LogP contribution in [0.3, 0.4) is 0 Å². The number of hydrogen-bond donors (Lipinski definition) is 2. The van der Waals surface area contributed by atoms with E-state index in [9.17, 15) is 14.4 Å². The molecule has 1 aliphatic rings. The number of amides is 2. The van der Waals surface area contributed by atoms with Gasteiger partial charge in [-0.3, -0.25) is 14.4 Å². The normalized spacial score (nSPS) is 19.2. The maximum atomic E-state index is 11.9. The van der Waals surface area contributed by atoms with Crippen LogP contribution in [0.2, 0.25) is 0 Å². The predicted octanol–water partition coefficient (Wildman–Crippen LogP) is 2.90. The summed E-state index contributed by atoms with van der Waals surface area (Å²) < 4.78 is 4.99. The number of thioether (sulfide) groups is 1. The van der Waals surface area contributed by atoms with Gasteiger partial charge in [0.1, 0.15) is 0 Å². The summed E-state index contributed by atoms with van der Waals surface area (Å²) >= 11 is 1.16.